The molecule has 0 aromatic carbocycles. The highest BCUT2D eigenvalue weighted by Gasteiger charge is 2.26. The van der Waals surface area contributed by atoms with Crippen LogP contribution in [0.25, 0.3) is 0 Å². The van der Waals surface area contributed by atoms with Crippen LogP contribution in [0.2, 0.25) is 0 Å². The van der Waals surface area contributed by atoms with Crippen molar-refractivity contribution in [1.29, 1.82) is 0 Å². The topological polar surface area (TPSA) is 32.3 Å². The van der Waals surface area contributed by atoms with Gasteiger partial charge in [-0.25, -0.2) is 0 Å². The second-order valence-electron chi connectivity index (χ2n) is 4.36. The van der Waals surface area contributed by atoms with E-state index in [0.717, 1.165) is 13.1 Å². The third kappa shape index (κ3) is 3.56. The van der Waals surface area contributed by atoms with Crippen LogP contribution in [0.15, 0.2) is 0 Å². The number of nitrogens with zero attached hydrogens (tertiary/aromatic N) is 1. The van der Waals surface area contributed by atoms with E-state index in [9.17, 15) is 4.79 Å². The Hall–Kier alpha value is -1.01. The van der Waals surface area contributed by atoms with E-state index in [0.29, 0.717) is 6.54 Å². The molecule has 1 fully saturated rings. The molecule has 0 unspecified atom stereocenters. The predicted molar refractivity (Wildman–Crippen MR) is 61.3 cm³/mol. The second kappa shape index (κ2) is 5.18. The average molecular weight is 208 g/mol. The summed E-state index contributed by atoms with van der Waals surface area (Å²) in [6, 6.07) is 0. The zero-order chi connectivity index (χ0) is 11.3. The van der Waals surface area contributed by atoms with Crippen LogP contribution in [0.4, 0.5) is 0 Å². The molecule has 15 heavy (non-hydrogen) atoms. The van der Waals surface area contributed by atoms with Crippen LogP contribution < -0.4 is 5.32 Å². The van der Waals surface area contributed by atoms with Gasteiger partial charge in [-0.3, -0.25) is 9.69 Å². The van der Waals surface area contributed by atoms with Gasteiger partial charge in [-0.05, 0) is 52.6 Å². The van der Waals surface area contributed by atoms with Gasteiger partial charge in [0.05, 0.1) is 5.54 Å². The predicted octanol–water partition coefficient (Wildman–Crippen LogP) is 1.00. The third-order valence-electron chi connectivity index (χ3n) is 2.72. The van der Waals surface area contributed by atoms with Crippen LogP contribution in [-0.4, -0.2) is 36.0 Å². The molecule has 1 N–H and O–H groups in total. The molecule has 0 atom stereocenters. The zero-order valence-electron chi connectivity index (χ0n) is 9.89. The highest BCUT2D eigenvalue weighted by Crippen LogP contribution is 2.19. The van der Waals surface area contributed by atoms with E-state index in [-0.39, 0.29) is 11.4 Å². The summed E-state index contributed by atoms with van der Waals surface area (Å²) in [6.45, 7) is 8.87. The van der Waals surface area contributed by atoms with Gasteiger partial charge in [-0.15, -0.1) is 0 Å². The number of hydrogen-bond acceptors (Lipinski definition) is 2. The molecule has 1 aliphatic heterocycles. The fraction of sp³-hybridized carbons (Fsp3) is 0.750. The van der Waals surface area contributed by atoms with Crippen LogP contribution in [0.1, 0.15) is 33.6 Å². The molecule has 0 radical (unpaired) electrons. The molecule has 0 bridgehead atoms. The largest absolute Gasteiger partial charge is 0.346 e. The second-order valence-corrected chi connectivity index (χ2v) is 4.36. The minimum atomic E-state index is -0.179. The number of rotatable bonds is 2. The summed E-state index contributed by atoms with van der Waals surface area (Å²) >= 11 is 0. The molecule has 0 saturated carbocycles. The van der Waals surface area contributed by atoms with Gasteiger partial charge in [-0.1, -0.05) is 5.92 Å². The normalized spacial score (nSPS) is 17.0. The third-order valence-corrected chi connectivity index (χ3v) is 2.72. The van der Waals surface area contributed by atoms with E-state index in [1.165, 1.54) is 12.8 Å². The van der Waals surface area contributed by atoms with Gasteiger partial charge in [0.15, 0.2) is 0 Å². The maximum absolute atomic E-state index is 11.2. The molecule has 3 nitrogen and oxygen atoms in total. The van der Waals surface area contributed by atoms with E-state index in [1.54, 1.807) is 0 Å². The van der Waals surface area contributed by atoms with Crippen molar-refractivity contribution in [2.75, 3.05) is 19.6 Å². The summed E-state index contributed by atoms with van der Waals surface area (Å²) in [5.74, 6) is 5.53. The smallest absolute Gasteiger partial charge is 0.295 e. The Balaban J connectivity index is 2.57. The number of carbonyl (C=O) groups excluding carboxylic acids is 1. The van der Waals surface area contributed by atoms with E-state index in [1.807, 2.05) is 6.92 Å². The Kier molecular flexibility index (Phi) is 4.16. The van der Waals surface area contributed by atoms with Gasteiger partial charge in [0, 0.05) is 6.54 Å². The zero-order valence-corrected chi connectivity index (χ0v) is 9.89. The lowest BCUT2D eigenvalue weighted by Crippen LogP contribution is -2.40. The first-order chi connectivity index (χ1) is 7.06. The molecule has 1 saturated heterocycles. The molecule has 84 valence electrons. The Morgan fingerprint density at radius 2 is 2.00 bits per heavy atom. The number of amides is 1. The summed E-state index contributed by atoms with van der Waals surface area (Å²) in [4.78, 5) is 13.5. The number of hydrogen-bond donors (Lipinski definition) is 1. The summed E-state index contributed by atoms with van der Waals surface area (Å²) in [5.41, 5.74) is -0.179. The quantitative estimate of drug-likeness (QED) is 0.687. The summed E-state index contributed by atoms with van der Waals surface area (Å²) in [7, 11) is 0. The SMILES string of the molecule is CCNC(=O)C#CC(C)(C)N1CCCC1. The number of likely N-dealkylation sites (tertiary alicyclic amines) is 1. The molecule has 1 amide bonds. The molecular formula is C12H20N2O. The first-order valence-electron chi connectivity index (χ1n) is 5.62. The molecule has 1 heterocycles. The first-order valence-corrected chi connectivity index (χ1v) is 5.62. The van der Waals surface area contributed by atoms with Crippen molar-refractivity contribution in [2.24, 2.45) is 0 Å². The van der Waals surface area contributed by atoms with Crippen molar-refractivity contribution in [3.8, 4) is 11.8 Å². The Morgan fingerprint density at radius 1 is 1.40 bits per heavy atom. The van der Waals surface area contributed by atoms with E-state index >= 15 is 0 Å². The maximum atomic E-state index is 11.2. The van der Waals surface area contributed by atoms with Crippen LogP contribution in [0, 0.1) is 11.8 Å². The van der Waals surface area contributed by atoms with Crippen molar-refractivity contribution in [3.63, 3.8) is 0 Å². The Bertz CT molecular complexity index is 280. The molecule has 0 aromatic heterocycles. The molecule has 3 heteroatoms. The fourth-order valence-corrected chi connectivity index (χ4v) is 1.77. The van der Waals surface area contributed by atoms with Crippen LogP contribution in [0.5, 0.6) is 0 Å². The number of nitrogens with one attached hydrogen (secondary N) is 1. The monoisotopic (exact) mass is 208 g/mol. The van der Waals surface area contributed by atoms with Crippen LogP contribution in [-0.2, 0) is 4.79 Å². The Morgan fingerprint density at radius 3 is 2.53 bits per heavy atom. The highest BCUT2D eigenvalue weighted by molar-refractivity contribution is 5.93. The van der Waals surface area contributed by atoms with E-state index in [4.69, 9.17) is 0 Å². The fourth-order valence-electron chi connectivity index (χ4n) is 1.77. The first kappa shape index (κ1) is 12.1. The molecule has 1 rings (SSSR count). The van der Waals surface area contributed by atoms with Crippen molar-refractivity contribution in [3.05, 3.63) is 0 Å². The van der Waals surface area contributed by atoms with Crippen LogP contribution in [0.3, 0.4) is 0 Å². The van der Waals surface area contributed by atoms with Crippen molar-refractivity contribution in [2.45, 2.75) is 39.2 Å². The molecule has 1 aliphatic rings. The average Bonchev–Trinajstić information content (AvgIpc) is 2.69. The lowest BCUT2D eigenvalue weighted by molar-refractivity contribution is -0.115. The lowest BCUT2D eigenvalue weighted by Gasteiger charge is -2.30. The minimum absolute atomic E-state index is 0.176. The minimum Gasteiger partial charge on any atom is -0.346 e. The van der Waals surface area contributed by atoms with E-state index in [2.05, 4.69) is 35.9 Å². The van der Waals surface area contributed by atoms with Gasteiger partial charge in [-0.2, -0.15) is 0 Å². The Labute approximate surface area is 92.2 Å². The number of carbonyl (C=O) groups is 1. The van der Waals surface area contributed by atoms with Gasteiger partial charge in [0.2, 0.25) is 0 Å². The molecular weight excluding hydrogens is 188 g/mol. The van der Waals surface area contributed by atoms with Crippen molar-refractivity contribution < 1.29 is 4.79 Å². The summed E-state index contributed by atoms with van der Waals surface area (Å²) in [6.07, 6.45) is 2.48. The van der Waals surface area contributed by atoms with E-state index < -0.39 is 0 Å². The van der Waals surface area contributed by atoms with Crippen molar-refractivity contribution in [1.82, 2.24) is 10.2 Å². The summed E-state index contributed by atoms with van der Waals surface area (Å²) < 4.78 is 0. The molecule has 0 aromatic rings. The van der Waals surface area contributed by atoms with Crippen LogP contribution >= 0.6 is 0 Å². The molecule has 0 aliphatic carbocycles. The molecule has 0 spiro atoms. The van der Waals surface area contributed by atoms with Gasteiger partial charge < -0.3 is 5.32 Å². The van der Waals surface area contributed by atoms with Gasteiger partial charge in [0.25, 0.3) is 5.91 Å². The van der Waals surface area contributed by atoms with Gasteiger partial charge in [0.1, 0.15) is 0 Å². The van der Waals surface area contributed by atoms with Gasteiger partial charge >= 0.3 is 0 Å². The standard InChI is InChI=1S/C12H20N2O/c1-4-13-11(15)7-8-12(2,3)14-9-5-6-10-14/h4-6,9-10H2,1-3H3,(H,13,15). The summed E-state index contributed by atoms with van der Waals surface area (Å²) in [5, 5.41) is 2.68. The lowest BCUT2D eigenvalue weighted by atomic mass is 10.0. The maximum Gasteiger partial charge on any atom is 0.295 e. The van der Waals surface area contributed by atoms with Crippen molar-refractivity contribution >= 4 is 5.91 Å². The highest BCUT2D eigenvalue weighted by atomic mass is 16.1.